The number of hydrogen-bond donors (Lipinski definition) is 0. The summed E-state index contributed by atoms with van der Waals surface area (Å²) in [6, 6.07) is 3.36. The smallest absolute Gasteiger partial charge is 0.258 e. The van der Waals surface area contributed by atoms with Crippen LogP contribution in [0.5, 0.6) is 11.5 Å². The fraction of sp³-hybridized carbons (Fsp3) is 0.692. The maximum absolute atomic E-state index is 14.3. The lowest BCUT2D eigenvalue weighted by Gasteiger charge is -2.27. The van der Waals surface area contributed by atoms with Crippen molar-refractivity contribution in [2.45, 2.75) is 36.6 Å². The van der Waals surface area contributed by atoms with Crippen molar-refractivity contribution in [2.75, 3.05) is 79.0 Å². The Morgan fingerprint density at radius 2 is 1.05 bits per heavy atom. The topological polar surface area (TPSA) is 134 Å². The van der Waals surface area contributed by atoms with Crippen molar-refractivity contribution in [3.63, 3.8) is 0 Å². The van der Waals surface area contributed by atoms with Crippen LogP contribution in [0.25, 0.3) is 0 Å². The zero-order valence-electron chi connectivity index (χ0n) is 21.1. The number of amides is 2. The Bertz CT molecular complexity index is 1030. The summed E-state index contributed by atoms with van der Waals surface area (Å²) in [5.74, 6) is 0.0633. The molecule has 1 aromatic rings. The number of epoxide rings is 6. The van der Waals surface area contributed by atoms with Crippen molar-refractivity contribution in [1.29, 1.82) is 0 Å². The summed E-state index contributed by atoms with van der Waals surface area (Å²) in [4.78, 5) is 31.7. The molecule has 0 N–H and O–H groups in total. The highest BCUT2D eigenvalue weighted by atomic mass is 16.6. The van der Waals surface area contributed by atoms with E-state index in [1.807, 2.05) is 0 Å². The van der Waals surface area contributed by atoms with E-state index in [9.17, 15) is 9.59 Å². The Morgan fingerprint density at radius 3 is 1.50 bits per heavy atom. The fourth-order valence-corrected chi connectivity index (χ4v) is 4.38. The van der Waals surface area contributed by atoms with Crippen molar-refractivity contribution < 1.29 is 47.5 Å². The minimum absolute atomic E-state index is 0.00346. The normalized spacial score (nSPS) is 31.3. The summed E-state index contributed by atoms with van der Waals surface area (Å²) in [7, 11) is 0. The quantitative estimate of drug-likeness (QED) is 0.262. The van der Waals surface area contributed by atoms with Gasteiger partial charge in [-0.05, 0) is 12.1 Å². The molecule has 7 rings (SSSR count). The van der Waals surface area contributed by atoms with E-state index in [1.54, 1.807) is 21.9 Å². The van der Waals surface area contributed by atoms with Gasteiger partial charge in [0.25, 0.3) is 11.8 Å². The maximum atomic E-state index is 14.3. The Morgan fingerprint density at radius 1 is 0.632 bits per heavy atom. The average Bonchev–Trinajstić information content (AvgIpc) is 3.70. The van der Waals surface area contributed by atoms with Crippen molar-refractivity contribution in [2.24, 2.45) is 0 Å². The van der Waals surface area contributed by atoms with Gasteiger partial charge in [-0.15, -0.1) is 0 Å². The Labute approximate surface area is 219 Å². The molecular formula is C26H32N2O10. The molecule has 1 aromatic carbocycles. The molecule has 2 amide bonds. The second-order valence-corrected chi connectivity index (χ2v) is 10.6. The first-order valence-electron chi connectivity index (χ1n) is 13.3. The first-order chi connectivity index (χ1) is 18.6. The Kier molecular flexibility index (Phi) is 6.62. The van der Waals surface area contributed by atoms with Crippen LogP contribution in [-0.2, 0) is 28.4 Å². The number of benzene rings is 1. The molecule has 6 unspecified atom stereocenters. The monoisotopic (exact) mass is 532 g/mol. The molecule has 0 bridgehead atoms. The first-order valence-corrected chi connectivity index (χ1v) is 13.3. The second kappa shape index (κ2) is 10.2. The van der Waals surface area contributed by atoms with Gasteiger partial charge >= 0.3 is 0 Å². The number of hydrogen-bond acceptors (Lipinski definition) is 10. The predicted octanol–water partition coefficient (Wildman–Crippen LogP) is -0.279. The molecular weight excluding hydrogens is 500 g/mol. The SMILES string of the molecule is O=C(c1ccc(OCC2CO2)c(OCC2CO2)c1C(=O)N(CC1CO1)CC1CO1)N(CC1CO1)CC1CO1. The number of carbonyl (C=O) groups is 2. The van der Waals surface area contributed by atoms with Crippen LogP contribution in [0.2, 0.25) is 0 Å². The average molecular weight is 533 g/mol. The lowest BCUT2D eigenvalue weighted by molar-refractivity contribution is 0.0686. The minimum Gasteiger partial charge on any atom is -0.487 e. The number of nitrogens with zero attached hydrogens (tertiary/aromatic N) is 2. The molecule has 6 atom stereocenters. The molecule has 12 nitrogen and oxygen atoms in total. The zero-order valence-corrected chi connectivity index (χ0v) is 21.1. The lowest BCUT2D eigenvalue weighted by atomic mass is 10.0. The first kappa shape index (κ1) is 24.6. The molecule has 0 radical (unpaired) electrons. The van der Waals surface area contributed by atoms with Crippen LogP contribution >= 0.6 is 0 Å². The van der Waals surface area contributed by atoms with E-state index in [2.05, 4.69) is 0 Å². The number of rotatable bonds is 16. The standard InChI is InChI=1S/C26H32N2O10/c29-25(27(3-15-7-31-15)4-16-8-32-16)21-1-2-22(37-13-19-11-35-19)24(38-14-20-12-36-20)23(21)26(30)28(5-17-9-33-17)6-18-10-34-18/h1-2,15-20H,3-14H2. The van der Waals surface area contributed by atoms with Gasteiger partial charge in [0.15, 0.2) is 11.5 Å². The summed E-state index contributed by atoms with van der Waals surface area (Å²) in [5, 5.41) is 0. The van der Waals surface area contributed by atoms with Gasteiger partial charge in [0.05, 0.1) is 75.2 Å². The molecule has 6 fully saturated rings. The molecule has 0 spiro atoms. The van der Waals surface area contributed by atoms with Crippen molar-refractivity contribution in [3.8, 4) is 11.5 Å². The summed E-state index contributed by atoms with van der Waals surface area (Å²) < 4.78 is 44.6. The van der Waals surface area contributed by atoms with Gasteiger partial charge in [0.1, 0.15) is 25.4 Å². The Balaban J connectivity index is 1.25. The molecule has 38 heavy (non-hydrogen) atoms. The Hall–Kier alpha value is -2.48. The van der Waals surface area contributed by atoms with Gasteiger partial charge in [-0.25, -0.2) is 0 Å². The third-order valence-corrected chi connectivity index (χ3v) is 7.09. The third kappa shape index (κ3) is 6.38. The third-order valence-electron chi connectivity index (χ3n) is 7.09. The zero-order chi connectivity index (χ0) is 25.6. The molecule has 0 saturated carbocycles. The van der Waals surface area contributed by atoms with E-state index < -0.39 is 0 Å². The van der Waals surface area contributed by atoms with E-state index in [-0.39, 0.29) is 71.9 Å². The van der Waals surface area contributed by atoms with Crippen molar-refractivity contribution >= 4 is 11.8 Å². The van der Waals surface area contributed by atoms with Gasteiger partial charge in [-0.1, -0.05) is 0 Å². The molecule has 6 aliphatic rings. The number of carbonyl (C=O) groups excluding carboxylic acids is 2. The molecule has 0 aromatic heterocycles. The second-order valence-electron chi connectivity index (χ2n) is 10.6. The van der Waals surface area contributed by atoms with E-state index >= 15 is 0 Å². The van der Waals surface area contributed by atoms with Crippen molar-refractivity contribution in [3.05, 3.63) is 23.3 Å². The number of ether oxygens (including phenoxy) is 8. The molecule has 6 heterocycles. The van der Waals surface area contributed by atoms with Crippen LogP contribution in [0.15, 0.2) is 12.1 Å². The van der Waals surface area contributed by atoms with Gasteiger partial charge in [0, 0.05) is 26.2 Å². The molecule has 12 heteroatoms. The summed E-state index contributed by atoms with van der Waals surface area (Å²) in [6.45, 7) is 5.93. The molecule has 6 saturated heterocycles. The van der Waals surface area contributed by atoms with E-state index in [0.717, 1.165) is 0 Å². The maximum Gasteiger partial charge on any atom is 0.258 e. The van der Waals surface area contributed by atoms with Crippen LogP contribution in [0.4, 0.5) is 0 Å². The lowest BCUT2D eigenvalue weighted by Crippen LogP contribution is -2.41. The van der Waals surface area contributed by atoms with Crippen LogP contribution in [0.3, 0.4) is 0 Å². The fourth-order valence-electron chi connectivity index (χ4n) is 4.38. The van der Waals surface area contributed by atoms with Crippen LogP contribution in [-0.4, -0.2) is 137 Å². The van der Waals surface area contributed by atoms with E-state index in [4.69, 9.17) is 37.9 Å². The summed E-state index contributed by atoms with van der Waals surface area (Å²) >= 11 is 0. The minimum atomic E-state index is -0.315. The van der Waals surface area contributed by atoms with Crippen LogP contribution in [0, 0.1) is 0 Å². The van der Waals surface area contributed by atoms with Crippen LogP contribution in [0.1, 0.15) is 20.7 Å². The highest BCUT2D eigenvalue weighted by Crippen LogP contribution is 2.38. The highest BCUT2D eigenvalue weighted by molar-refractivity contribution is 6.09. The summed E-state index contributed by atoms with van der Waals surface area (Å²) in [5.41, 5.74) is 0.445. The molecule has 6 aliphatic heterocycles. The van der Waals surface area contributed by atoms with E-state index in [0.29, 0.717) is 78.2 Å². The largest absolute Gasteiger partial charge is 0.487 e. The highest BCUT2D eigenvalue weighted by Gasteiger charge is 2.40. The van der Waals surface area contributed by atoms with Gasteiger partial charge in [0.2, 0.25) is 0 Å². The predicted molar refractivity (Wildman–Crippen MR) is 128 cm³/mol. The molecule has 206 valence electrons. The van der Waals surface area contributed by atoms with Crippen molar-refractivity contribution in [1.82, 2.24) is 9.80 Å². The van der Waals surface area contributed by atoms with Gasteiger partial charge < -0.3 is 47.7 Å². The van der Waals surface area contributed by atoms with Gasteiger partial charge in [-0.3, -0.25) is 9.59 Å². The summed E-state index contributed by atoms with van der Waals surface area (Å²) in [6.07, 6.45) is -0.0971. The van der Waals surface area contributed by atoms with Gasteiger partial charge in [-0.2, -0.15) is 0 Å². The molecule has 0 aliphatic carbocycles. The van der Waals surface area contributed by atoms with Crippen LogP contribution < -0.4 is 9.47 Å². The van der Waals surface area contributed by atoms with E-state index in [1.165, 1.54) is 0 Å².